The summed E-state index contributed by atoms with van der Waals surface area (Å²) in [6, 6.07) is 0. The van der Waals surface area contributed by atoms with Crippen LogP contribution in [0.3, 0.4) is 0 Å². The highest BCUT2D eigenvalue weighted by atomic mass is 16.3. The van der Waals surface area contributed by atoms with Gasteiger partial charge in [0.1, 0.15) is 6.26 Å². The van der Waals surface area contributed by atoms with Crippen LogP contribution in [0, 0.1) is 23.2 Å². The minimum absolute atomic E-state index is 0.125. The Bertz CT molecular complexity index is 521. The van der Waals surface area contributed by atoms with E-state index < -0.39 is 0 Å². The Morgan fingerprint density at radius 3 is 2.95 bits per heavy atom. The predicted octanol–water partition coefficient (Wildman–Crippen LogP) is 2.20. The number of hydrogen-bond acceptors (Lipinski definition) is 4. The van der Waals surface area contributed by atoms with Crippen molar-refractivity contribution in [3.05, 3.63) is 17.8 Å². The molecule has 3 unspecified atom stereocenters. The molecule has 5 heteroatoms. The van der Waals surface area contributed by atoms with Gasteiger partial charge in [-0.15, -0.1) is 0 Å². The Labute approximate surface area is 125 Å². The van der Waals surface area contributed by atoms with Crippen molar-refractivity contribution in [2.75, 3.05) is 13.6 Å². The Morgan fingerprint density at radius 2 is 2.29 bits per heavy atom. The Morgan fingerprint density at radius 1 is 1.48 bits per heavy atom. The zero-order valence-electron chi connectivity index (χ0n) is 13.1. The van der Waals surface area contributed by atoms with Gasteiger partial charge >= 0.3 is 0 Å². The van der Waals surface area contributed by atoms with Gasteiger partial charge in [0.05, 0.1) is 6.54 Å². The van der Waals surface area contributed by atoms with E-state index in [4.69, 9.17) is 4.42 Å². The SMILES string of the molecule is CNCc1nc(C(=O)NCC2CCC3CC2C3(C)C)co1. The molecule has 3 atom stereocenters. The molecule has 0 radical (unpaired) electrons. The molecule has 1 aromatic heterocycles. The molecule has 1 amide bonds. The Balaban J connectivity index is 1.53. The van der Waals surface area contributed by atoms with Gasteiger partial charge in [-0.3, -0.25) is 4.79 Å². The lowest BCUT2D eigenvalue weighted by Gasteiger charge is -2.60. The third kappa shape index (κ3) is 2.59. The quantitative estimate of drug-likeness (QED) is 0.872. The third-order valence-corrected chi connectivity index (χ3v) is 5.64. The number of aromatic nitrogens is 1. The molecule has 4 rings (SSSR count). The summed E-state index contributed by atoms with van der Waals surface area (Å²) in [6.45, 7) is 6.05. The molecule has 0 aliphatic heterocycles. The van der Waals surface area contributed by atoms with Crippen molar-refractivity contribution in [2.24, 2.45) is 23.2 Å². The summed E-state index contributed by atoms with van der Waals surface area (Å²) in [6.07, 6.45) is 5.32. The largest absolute Gasteiger partial charge is 0.447 e. The highest BCUT2D eigenvalue weighted by molar-refractivity contribution is 5.91. The van der Waals surface area contributed by atoms with E-state index in [1.807, 2.05) is 7.05 Å². The van der Waals surface area contributed by atoms with Gasteiger partial charge in [-0.1, -0.05) is 13.8 Å². The van der Waals surface area contributed by atoms with Crippen LogP contribution in [0.2, 0.25) is 0 Å². The second kappa shape index (κ2) is 5.44. The lowest BCUT2D eigenvalue weighted by atomic mass is 9.45. The van der Waals surface area contributed by atoms with Crippen molar-refractivity contribution in [1.29, 1.82) is 0 Å². The van der Waals surface area contributed by atoms with E-state index in [1.54, 1.807) is 0 Å². The fourth-order valence-electron chi connectivity index (χ4n) is 4.17. The van der Waals surface area contributed by atoms with E-state index in [0.717, 1.165) is 18.4 Å². The highest BCUT2D eigenvalue weighted by Crippen LogP contribution is 2.61. The van der Waals surface area contributed by atoms with E-state index >= 15 is 0 Å². The first-order chi connectivity index (χ1) is 10.0. The maximum atomic E-state index is 12.1. The summed E-state index contributed by atoms with van der Waals surface area (Å²) in [7, 11) is 1.82. The van der Waals surface area contributed by atoms with Crippen molar-refractivity contribution in [1.82, 2.24) is 15.6 Å². The standard InChI is InChI=1S/C16H25N3O2/c1-16(2)11-5-4-10(12(16)6-11)7-18-15(20)13-9-21-14(19-13)8-17-3/h9-12,17H,4-8H2,1-3H3,(H,18,20). The van der Waals surface area contributed by atoms with Crippen molar-refractivity contribution < 1.29 is 9.21 Å². The van der Waals surface area contributed by atoms with Gasteiger partial charge in [0.15, 0.2) is 5.69 Å². The van der Waals surface area contributed by atoms with Crippen LogP contribution in [0.5, 0.6) is 0 Å². The van der Waals surface area contributed by atoms with Crippen LogP contribution in [-0.4, -0.2) is 24.5 Å². The zero-order valence-corrected chi connectivity index (χ0v) is 13.1. The molecule has 5 nitrogen and oxygen atoms in total. The number of nitrogens with zero attached hydrogens (tertiary/aromatic N) is 1. The molecule has 1 heterocycles. The van der Waals surface area contributed by atoms with Crippen LogP contribution in [0.25, 0.3) is 0 Å². The number of carbonyl (C=O) groups is 1. The lowest BCUT2D eigenvalue weighted by molar-refractivity contribution is -0.103. The highest BCUT2D eigenvalue weighted by Gasteiger charge is 2.53. The minimum atomic E-state index is -0.125. The summed E-state index contributed by atoms with van der Waals surface area (Å²) in [5.74, 6) is 2.68. The summed E-state index contributed by atoms with van der Waals surface area (Å²) in [5, 5.41) is 5.99. The van der Waals surface area contributed by atoms with Crippen molar-refractivity contribution in [3.8, 4) is 0 Å². The summed E-state index contributed by atoms with van der Waals surface area (Å²) < 4.78 is 5.25. The van der Waals surface area contributed by atoms with E-state index in [0.29, 0.717) is 29.5 Å². The maximum absolute atomic E-state index is 12.1. The van der Waals surface area contributed by atoms with Crippen molar-refractivity contribution >= 4 is 5.91 Å². The number of oxazole rings is 1. The van der Waals surface area contributed by atoms with Gasteiger partial charge < -0.3 is 15.1 Å². The molecule has 2 bridgehead atoms. The van der Waals surface area contributed by atoms with Crippen LogP contribution in [-0.2, 0) is 6.54 Å². The van der Waals surface area contributed by atoms with E-state index in [1.165, 1.54) is 25.5 Å². The first-order valence-electron chi connectivity index (χ1n) is 7.89. The smallest absolute Gasteiger partial charge is 0.273 e. The van der Waals surface area contributed by atoms with Crippen LogP contribution >= 0.6 is 0 Å². The zero-order chi connectivity index (χ0) is 15.0. The number of fused-ring (bicyclic) bond motifs is 2. The molecule has 1 aromatic rings. The van der Waals surface area contributed by atoms with E-state index in [-0.39, 0.29) is 5.91 Å². The van der Waals surface area contributed by atoms with Gasteiger partial charge in [-0.2, -0.15) is 0 Å². The normalized spacial score (nSPS) is 29.8. The fourth-order valence-corrected chi connectivity index (χ4v) is 4.17. The number of carbonyl (C=O) groups excluding carboxylic acids is 1. The average molecular weight is 291 g/mol. The molecule has 116 valence electrons. The summed E-state index contributed by atoms with van der Waals surface area (Å²) >= 11 is 0. The van der Waals surface area contributed by atoms with Gasteiger partial charge in [0.2, 0.25) is 5.89 Å². The fraction of sp³-hybridized carbons (Fsp3) is 0.750. The first kappa shape index (κ1) is 14.6. The maximum Gasteiger partial charge on any atom is 0.273 e. The number of nitrogens with one attached hydrogen (secondary N) is 2. The molecule has 0 spiro atoms. The Kier molecular flexibility index (Phi) is 3.78. The van der Waals surface area contributed by atoms with E-state index in [2.05, 4.69) is 29.5 Å². The topological polar surface area (TPSA) is 67.2 Å². The van der Waals surface area contributed by atoms with Crippen LogP contribution in [0.4, 0.5) is 0 Å². The van der Waals surface area contributed by atoms with Gasteiger partial charge in [-0.25, -0.2) is 4.98 Å². The van der Waals surface area contributed by atoms with Gasteiger partial charge in [-0.05, 0) is 49.5 Å². The van der Waals surface area contributed by atoms with Gasteiger partial charge in [0, 0.05) is 6.54 Å². The predicted molar refractivity (Wildman–Crippen MR) is 79.7 cm³/mol. The van der Waals surface area contributed by atoms with Crippen molar-refractivity contribution in [3.63, 3.8) is 0 Å². The molecule has 2 N–H and O–H groups in total. The van der Waals surface area contributed by atoms with Crippen LogP contribution in [0.15, 0.2) is 10.7 Å². The van der Waals surface area contributed by atoms with Crippen LogP contribution < -0.4 is 10.6 Å². The summed E-state index contributed by atoms with van der Waals surface area (Å²) in [4.78, 5) is 16.3. The molecule has 3 aliphatic carbocycles. The average Bonchev–Trinajstić information content (AvgIpc) is 2.94. The van der Waals surface area contributed by atoms with Gasteiger partial charge in [0.25, 0.3) is 5.91 Å². The summed E-state index contributed by atoms with van der Waals surface area (Å²) in [5.41, 5.74) is 0.836. The molecule has 0 saturated heterocycles. The van der Waals surface area contributed by atoms with Crippen molar-refractivity contribution in [2.45, 2.75) is 39.7 Å². The molecule has 21 heavy (non-hydrogen) atoms. The third-order valence-electron chi connectivity index (χ3n) is 5.64. The monoisotopic (exact) mass is 291 g/mol. The molecule has 0 aromatic carbocycles. The van der Waals surface area contributed by atoms with E-state index in [9.17, 15) is 4.79 Å². The molecular formula is C16H25N3O2. The molecule has 3 aliphatic rings. The number of rotatable bonds is 5. The molecule has 3 fully saturated rings. The molecule has 3 saturated carbocycles. The minimum Gasteiger partial charge on any atom is -0.447 e. The first-order valence-corrected chi connectivity index (χ1v) is 7.89. The second-order valence-electron chi connectivity index (χ2n) is 7.06. The number of amides is 1. The lowest BCUT2D eigenvalue weighted by Crippen LogP contribution is -2.54. The Hall–Kier alpha value is -1.36. The second-order valence-corrected chi connectivity index (χ2v) is 7.06. The molecular weight excluding hydrogens is 266 g/mol. The number of hydrogen-bond donors (Lipinski definition) is 2. The van der Waals surface area contributed by atoms with Crippen LogP contribution in [0.1, 0.15) is 49.5 Å².